The fourth-order valence-electron chi connectivity index (χ4n) is 1.54. The number of aryl methyl sites for hydroxylation is 1. The predicted molar refractivity (Wildman–Crippen MR) is 65.9 cm³/mol. The zero-order valence-electron chi connectivity index (χ0n) is 9.99. The van der Waals surface area contributed by atoms with Gasteiger partial charge in [-0.2, -0.15) is 13.2 Å². The maximum absolute atomic E-state index is 12.7. The van der Waals surface area contributed by atoms with Crippen LogP contribution in [0.5, 0.6) is 0 Å². The van der Waals surface area contributed by atoms with Crippen molar-refractivity contribution >= 4 is 17.3 Å². The van der Waals surface area contributed by atoms with E-state index in [2.05, 4.69) is 15.3 Å². The Morgan fingerprint density at radius 1 is 1.16 bits per heavy atom. The maximum atomic E-state index is 12.7. The molecule has 0 aliphatic rings. The predicted octanol–water partition coefficient (Wildman–Crippen LogP) is 3.13. The molecular weight excluding hydrogens is 257 g/mol. The van der Waals surface area contributed by atoms with E-state index in [0.717, 1.165) is 6.07 Å². The van der Waals surface area contributed by atoms with Crippen molar-refractivity contribution in [2.75, 3.05) is 11.1 Å². The van der Waals surface area contributed by atoms with Gasteiger partial charge in [-0.1, -0.05) is 6.07 Å². The number of nitrogen functional groups attached to an aromatic ring is 1. The third-order valence-corrected chi connectivity index (χ3v) is 2.47. The first kappa shape index (κ1) is 13.1. The van der Waals surface area contributed by atoms with Crippen molar-refractivity contribution < 1.29 is 13.2 Å². The van der Waals surface area contributed by atoms with Gasteiger partial charge in [0.1, 0.15) is 0 Å². The highest BCUT2D eigenvalue weighted by Crippen LogP contribution is 2.33. The molecule has 0 aliphatic carbocycles. The number of hydrogen-bond donors (Lipinski definition) is 2. The summed E-state index contributed by atoms with van der Waals surface area (Å²) in [7, 11) is 0. The lowest BCUT2D eigenvalue weighted by Crippen LogP contribution is -2.08. The lowest BCUT2D eigenvalue weighted by Gasteiger charge is -2.12. The van der Waals surface area contributed by atoms with Crippen LogP contribution in [0.3, 0.4) is 0 Å². The van der Waals surface area contributed by atoms with Crippen LogP contribution in [0.15, 0.2) is 30.6 Å². The Labute approximate surface area is 107 Å². The fourth-order valence-corrected chi connectivity index (χ4v) is 1.54. The van der Waals surface area contributed by atoms with Gasteiger partial charge in [-0.15, -0.1) is 0 Å². The van der Waals surface area contributed by atoms with Crippen LogP contribution in [-0.4, -0.2) is 9.97 Å². The van der Waals surface area contributed by atoms with Crippen molar-refractivity contribution in [2.24, 2.45) is 0 Å². The summed E-state index contributed by atoms with van der Waals surface area (Å²) >= 11 is 0. The van der Waals surface area contributed by atoms with Crippen LogP contribution in [0.25, 0.3) is 0 Å². The molecule has 0 spiro atoms. The van der Waals surface area contributed by atoms with Crippen LogP contribution in [0.2, 0.25) is 0 Å². The Bertz CT molecular complexity index is 579. The molecule has 2 rings (SSSR count). The Morgan fingerprint density at radius 2 is 1.79 bits per heavy atom. The van der Waals surface area contributed by atoms with Gasteiger partial charge in [-0.05, 0) is 24.6 Å². The number of benzene rings is 1. The van der Waals surface area contributed by atoms with Crippen molar-refractivity contribution in [2.45, 2.75) is 13.1 Å². The highest BCUT2D eigenvalue weighted by Gasteiger charge is 2.32. The van der Waals surface area contributed by atoms with Crippen LogP contribution in [-0.2, 0) is 6.18 Å². The van der Waals surface area contributed by atoms with Gasteiger partial charge < -0.3 is 11.1 Å². The second kappa shape index (κ2) is 4.75. The van der Waals surface area contributed by atoms with Crippen LogP contribution in [0.4, 0.5) is 30.5 Å². The van der Waals surface area contributed by atoms with Gasteiger partial charge in [0.2, 0.25) is 5.95 Å². The van der Waals surface area contributed by atoms with Gasteiger partial charge in [0.15, 0.2) is 0 Å². The largest absolute Gasteiger partial charge is 0.416 e. The molecule has 0 saturated carbocycles. The Balaban J connectivity index is 2.29. The number of alkyl halides is 3. The summed E-state index contributed by atoms with van der Waals surface area (Å²) in [5, 5.41) is 2.69. The van der Waals surface area contributed by atoms with E-state index in [0.29, 0.717) is 5.69 Å². The minimum Gasteiger partial charge on any atom is -0.396 e. The molecule has 0 unspecified atom stereocenters. The van der Waals surface area contributed by atoms with Crippen molar-refractivity contribution in [1.29, 1.82) is 0 Å². The molecule has 0 bridgehead atoms. The smallest absolute Gasteiger partial charge is 0.396 e. The molecule has 4 nitrogen and oxygen atoms in total. The van der Waals surface area contributed by atoms with E-state index >= 15 is 0 Å². The van der Waals surface area contributed by atoms with E-state index in [1.165, 1.54) is 31.5 Å². The molecule has 1 heterocycles. The van der Waals surface area contributed by atoms with Crippen LogP contribution >= 0.6 is 0 Å². The monoisotopic (exact) mass is 268 g/mol. The third-order valence-electron chi connectivity index (χ3n) is 2.47. The van der Waals surface area contributed by atoms with Gasteiger partial charge in [-0.25, -0.2) is 9.97 Å². The summed E-state index contributed by atoms with van der Waals surface area (Å²) in [5.41, 5.74) is 5.54. The first-order valence-electron chi connectivity index (χ1n) is 5.38. The second-order valence-corrected chi connectivity index (χ2v) is 3.99. The van der Waals surface area contributed by atoms with Gasteiger partial charge >= 0.3 is 6.18 Å². The second-order valence-electron chi connectivity index (χ2n) is 3.99. The minimum atomic E-state index is -4.39. The first-order valence-corrected chi connectivity index (χ1v) is 5.38. The number of hydrogen-bond acceptors (Lipinski definition) is 4. The van der Waals surface area contributed by atoms with Crippen molar-refractivity contribution in [1.82, 2.24) is 9.97 Å². The van der Waals surface area contributed by atoms with E-state index < -0.39 is 11.7 Å². The molecule has 2 aromatic rings. The maximum Gasteiger partial charge on any atom is 0.416 e. The van der Waals surface area contributed by atoms with Crippen LogP contribution in [0, 0.1) is 6.92 Å². The topological polar surface area (TPSA) is 63.8 Å². The molecule has 0 saturated heterocycles. The molecule has 100 valence electrons. The molecule has 0 fully saturated rings. The van der Waals surface area contributed by atoms with E-state index in [4.69, 9.17) is 5.73 Å². The van der Waals surface area contributed by atoms with E-state index in [9.17, 15) is 13.2 Å². The average Bonchev–Trinajstić information content (AvgIpc) is 2.33. The van der Waals surface area contributed by atoms with Gasteiger partial charge in [-0.3, -0.25) is 0 Å². The van der Waals surface area contributed by atoms with Gasteiger partial charge in [0, 0.05) is 5.69 Å². The van der Waals surface area contributed by atoms with Crippen molar-refractivity contribution in [3.63, 3.8) is 0 Å². The Morgan fingerprint density at radius 3 is 2.37 bits per heavy atom. The lowest BCUT2D eigenvalue weighted by atomic mass is 10.1. The van der Waals surface area contributed by atoms with E-state index in [1.807, 2.05) is 0 Å². The van der Waals surface area contributed by atoms with Crippen LogP contribution in [0.1, 0.15) is 11.1 Å². The van der Waals surface area contributed by atoms with Crippen LogP contribution < -0.4 is 11.1 Å². The Hall–Kier alpha value is -2.31. The number of rotatable bonds is 2. The zero-order valence-corrected chi connectivity index (χ0v) is 9.99. The summed E-state index contributed by atoms with van der Waals surface area (Å²) in [4.78, 5) is 7.72. The summed E-state index contributed by atoms with van der Waals surface area (Å²) in [5.74, 6) is 0.186. The highest BCUT2D eigenvalue weighted by atomic mass is 19.4. The number of halogens is 3. The molecule has 0 aliphatic heterocycles. The van der Waals surface area contributed by atoms with Crippen molar-refractivity contribution in [3.05, 3.63) is 41.7 Å². The summed E-state index contributed by atoms with van der Waals surface area (Å²) < 4.78 is 38.2. The number of anilines is 3. The Kier molecular flexibility index (Phi) is 3.28. The normalized spacial score (nSPS) is 11.4. The molecule has 0 amide bonds. The molecule has 0 atom stereocenters. The quantitative estimate of drug-likeness (QED) is 0.878. The number of nitrogens with one attached hydrogen (secondary N) is 1. The number of nitrogens with zero attached hydrogens (tertiary/aromatic N) is 2. The summed E-state index contributed by atoms with van der Waals surface area (Å²) in [6, 6.07) is 3.95. The van der Waals surface area contributed by atoms with Gasteiger partial charge in [0.25, 0.3) is 0 Å². The molecule has 19 heavy (non-hydrogen) atoms. The third kappa shape index (κ3) is 3.12. The molecule has 3 N–H and O–H groups in total. The highest BCUT2D eigenvalue weighted by molar-refractivity contribution is 5.56. The number of nitrogens with two attached hydrogens (primary N) is 1. The molecular formula is C12H11F3N4. The fraction of sp³-hybridized carbons (Fsp3) is 0.167. The minimum absolute atomic E-state index is 0.163. The van der Waals surface area contributed by atoms with Gasteiger partial charge in [0.05, 0.1) is 23.6 Å². The SMILES string of the molecule is Cc1ccc(Nc2ncc(N)cn2)cc1C(F)(F)F. The lowest BCUT2D eigenvalue weighted by molar-refractivity contribution is -0.138. The standard InChI is InChI=1S/C12H11F3N4/c1-7-2-3-9(4-10(7)12(13,14)15)19-11-17-5-8(16)6-18-11/h2-6H,16H2,1H3,(H,17,18,19). The number of aromatic nitrogens is 2. The van der Waals surface area contributed by atoms with E-state index in [-0.39, 0.29) is 17.2 Å². The van der Waals surface area contributed by atoms with E-state index in [1.54, 1.807) is 0 Å². The summed E-state index contributed by atoms with van der Waals surface area (Å²) in [6.45, 7) is 1.41. The first-order chi connectivity index (χ1) is 8.86. The molecule has 0 radical (unpaired) electrons. The molecule has 7 heteroatoms. The molecule has 1 aromatic carbocycles. The average molecular weight is 268 g/mol. The van der Waals surface area contributed by atoms with Crippen molar-refractivity contribution in [3.8, 4) is 0 Å². The summed E-state index contributed by atoms with van der Waals surface area (Å²) in [6.07, 6.45) is -1.65. The molecule has 1 aromatic heterocycles. The zero-order chi connectivity index (χ0) is 14.0.